The van der Waals surface area contributed by atoms with Crippen molar-refractivity contribution in [3.63, 3.8) is 0 Å². The van der Waals surface area contributed by atoms with Gasteiger partial charge in [-0.1, -0.05) is 30.3 Å². The zero-order valence-corrected chi connectivity index (χ0v) is 16.1. The number of benzene rings is 1. The van der Waals surface area contributed by atoms with Crippen LogP contribution in [0, 0.1) is 5.41 Å². The lowest BCUT2D eigenvalue weighted by Crippen LogP contribution is -2.47. The maximum absolute atomic E-state index is 12.4. The zero-order valence-electron chi connectivity index (χ0n) is 16.1. The van der Waals surface area contributed by atoms with Crippen molar-refractivity contribution >= 4 is 11.6 Å². The number of amides is 1. The highest BCUT2D eigenvalue weighted by Crippen LogP contribution is 2.17. The molecule has 1 fully saturated rings. The van der Waals surface area contributed by atoms with Gasteiger partial charge in [0, 0.05) is 38.4 Å². The number of hydrogen-bond donors (Lipinski definition) is 3. The minimum Gasteiger partial charge on any atom is -0.396 e. The average molecular weight is 358 g/mol. The normalized spacial score (nSPS) is 16.7. The highest BCUT2D eigenvalue weighted by molar-refractivity contribution is 5.95. The Hall–Kier alpha value is -2.34. The van der Waals surface area contributed by atoms with E-state index in [0.717, 1.165) is 32.5 Å². The van der Waals surface area contributed by atoms with Crippen LogP contribution in [0.25, 0.3) is 0 Å². The number of nitrogens with one attached hydrogen (secondary N) is 2. The molecule has 6 heteroatoms. The van der Waals surface area contributed by atoms with Gasteiger partial charge in [0.1, 0.15) is 0 Å². The fourth-order valence-electron chi connectivity index (χ4n) is 3.22. The van der Waals surface area contributed by atoms with Gasteiger partial charge < -0.3 is 21.4 Å². The van der Waals surface area contributed by atoms with E-state index in [2.05, 4.69) is 34.5 Å². The van der Waals surface area contributed by atoms with Gasteiger partial charge in [0.05, 0.1) is 18.0 Å². The Bertz CT molecular complexity index is 647. The van der Waals surface area contributed by atoms with Gasteiger partial charge >= 0.3 is 0 Å². The molecule has 0 atom stereocenters. The molecule has 0 saturated carbocycles. The molecule has 1 aliphatic heterocycles. The number of piperidine rings is 1. The third kappa shape index (κ3) is 5.59. The molecule has 0 spiro atoms. The largest absolute Gasteiger partial charge is 0.396 e. The topological polar surface area (TPSA) is 85.4 Å². The van der Waals surface area contributed by atoms with Crippen LogP contribution in [0.4, 0.5) is 0 Å². The maximum atomic E-state index is 12.4. The molecule has 0 unspecified atom stereocenters. The molecular formula is C20H31N5O. The van der Waals surface area contributed by atoms with Crippen molar-refractivity contribution in [2.75, 3.05) is 26.7 Å². The Labute approximate surface area is 156 Å². The lowest BCUT2D eigenvalue weighted by molar-refractivity contribution is -0.131. The standard InChI is InChI=1S/C20H31N5O/c1-15(21)20(22)16(2)23-13-19(26)24(3)18-9-11-25(12-10-18)14-17-7-5-4-6-8-17/h4-8,18,21,23H,9-14,22H2,1-3H3/b20-16+,21-15?. The fourth-order valence-corrected chi connectivity index (χ4v) is 3.22. The van der Waals surface area contributed by atoms with Crippen molar-refractivity contribution in [3.8, 4) is 0 Å². The highest BCUT2D eigenvalue weighted by atomic mass is 16.2. The number of nitrogens with zero attached hydrogens (tertiary/aromatic N) is 2. The number of hydrogen-bond acceptors (Lipinski definition) is 5. The third-order valence-corrected chi connectivity index (χ3v) is 5.06. The summed E-state index contributed by atoms with van der Waals surface area (Å²) in [6.07, 6.45) is 1.98. The van der Waals surface area contributed by atoms with Gasteiger partial charge in [-0.15, -0.1) is 0 Å². The van der Waals surface area contributed by atoms with Crippen LogP contribution in [-0.2, 0) is 11.3 Å². The first-order valence-corrected chi connectivity index (χ1v) is 9.16. The van der Waals surface area contributed by atoms with E-state index >= 15 is 0 Å². The fraction of sp³-hybridized carbons (Fsp3) is 0.500. The summed E-state index contributed by atoms with van der Waals surface area (Å²) in [7, 11) is 1.88. The first kappa shape index (κ1) is 20.0. The molecule has 142 valence electrons. The lowest BCUT2D eigenvalue weighted by atomic mass is 10.0. The summed E-state index contributed by atoms with van der Waals surface area (Å²) >= 11 is 0. The summed E-state index contributed by atoms with van der Waals surface area (Å²) < 4.78 is 0. The predicted molar refractivity (Wildman–Crippen MR) is 106 cm³/mol. The van der Waals surface area contributed by atoms with E-state index in [-0.39, 0.29) is 18.5 Å². The van der Waals surface area contributed by atoms with Crippen molar-refractivity contribution in [2.45, 2.75) is 39.3 Å². The molecule has 1 aromatic rings. The molecule has 0 bridgehead atoms. The van der Waals surface area contributed by atoms with Crippen LogP contribution in [0.15, 0.2) is 41.7 Å². The Kier molecular flexibility index (Phi) is 7.21. The summed E-state index contributed by atoms with van der Waals surface area (Å²) in [5, 5.41) is 10.6. The number of allylic oxidation sites excluding steroid dienone is 2. The number of likely N-dealkylation sites (tertiary alicyclic amines) is 1. The second-order valence-electron chi connectivity index (χ2n) is 7.01. The Morgan fingerprint density at radius 1 is 1.27 bits per heavy atom. The zero-order chi connectivity index (χ0) is 19.1. The number of nitrogens with two attached hydrogens (primary N) is 1. The number of likely N-dealkylation sites (N-methyl/N-ethyl adjacent to an activating group) is 1. The highest BCUT2D eigenvalue weighted by Gasteiger charge is 2.25. The average Bonchev–Trinajstić information content (AvgIpc) is 2.66. The molecule has 0 aliphatic carbocycles. The minimum atomic E-state index is 0.0568. The van der Waals surface area contributed by atoms with Gasteiger partial charge in [0.2, 0.25) is 5.91 Å². The summed E-state index contributed by atoms with van der Waals surface area (Å²) in [6.45, 7) is 6.62. The molecule has 1 aliphatic rings. The number of rotatable bonds is 7. The van der Waals surface area contributed by atoms with Crippen LogP contribution in [0.2, 0.25) is 0 Å². The second kappa shape index (κ2) is 9.38. The van der Waals surface area contributed by atoms with Crippen molar-refractivity contribution < 1.29 is 4.79 Å². The van der Waals surface area contributed by atoms with Crippen LogP contribution in [0.5, 0.6) is 0 Å². The summed E-state index contributed by atoms with van der Waals surface area (Å²) in [4.78, 5) is 16.7. The molecular weight excluding hydrogens is 326 g/mol. The SMILES string of the molecule is CC(=N)/C(N)=C(/C)NCC(=O)N(C)C1CCN(Cc2ccccc2)CC1. The molecule has 0 aromatic heterocycles. The maximum Gasteiger partial charge on any atom is 0.241 e. The second-order valence-corrected chi connectivity index (χ2v) is 7.01. The molecule has 26 heavy (non-hydrogen) atoms. The van der Waals surface area contributed by atoms with Crippen molar-refractivity contribution in [2.24, 2.45) is 5.73 Å². The quantitative estimate of drug-likeness (QED) is 0.651. The van der Waals surface area contributed by atoms with Crippen molar-refractivity contribution in [1.29, 1.82) is 5.41 Å². The summed E-state index contributed by atoms with van der Waals surface area (Å²) in [5.41, 5.74) is 8.52. The smallest absolute Gasteiger partial charge is 0.241 e. The predicted octanol–water partition coefficient (Wildman–Crippen LogP) is 1.93. The van der Waals surface area contributed by atoms with Crippen LogP contribution in [0.3, 0.4) is 0 Å². The van der Waals surface area contributed by atoms with E-state index in [9.17, 15) is 4.79 Å². The number of carbonyl (C=O) groups excluding carboxylic acids is 1. The van der Waals surface area contributed by atoms with Gasteiger partial charge in [-0.2, -0.15) is 0 Å². The van der Waals surface area contributed by atoms with Gasteiger partial charge in [-0.25, -0.2) is 0 Å². The third-order valence-electron chi connectivity index (χ3n) is 5.06. The van der Waals surface area contributed by atoms with E-state index in [4.69, 9.17) is 11.1 Å². The van der Waals surface area contributed by atoms with Crippen LogP contribution < -0.4 is 11.1 Å². The Balaban J connectivity index is 1.78. The molecule has 0 radical (unpaired) electrons. The summed E-state index contributed by atoms with van der Waals surface area (Å²) in [5.74, 6) is 0.0568. The first-order chi connectivity index (χ1) is 12.4. The molecule has 2 rings (SSSR count). The Morgan fingerprint density at radius 3 is 2.46 bits per heavy atom. The molecule has 1 saturated heterocycles. The summed E-state index contributed by atoms with van der Waals surface area (Å²) in [6, 6.07) is 10.8. The Morgan fingerprint density at radius 2 is 1.88 bits per heavy atom. The molecule has 4 N–H and O–H groups in total. The van der Waals surface area contributed by atoms with Gasteiger partial charge in [0.25, 0.3) is 0 Å². The van der Waals surface area contributed by atoms with E-state index in [0.29, 0.717) is 17.1 Å². The molecule has 1 aromatic carbocycles. The number of carbonyl (C=O) groups is 1. The van der Waals surface area contributed by atoms with Gasteiger partial charge in [-0.05, 0) is 32.3 Å². The van der Waals surface area contributed by atoms with E-state index in [1.165, 1.54) is 5.56 Å². The van der Waals surface area contributed by atoms with E-state index in [1.54, 1.807) is 13.8 Å². The monoisotopic (exact) mass is 357 g/mol. The lowest BCUT2D eigenvalue weighted by Gasteiger charge is -2.37. The molecule has 6 nitrogen and oxygen atoms in total. The van der Waals surface area contributed by atoms with Crippen LogP contribution in [0.1, 0.15) is 32.3 Å². The molecule has 1 amide bonds. The van der Waals surface area contributed by atoms with E-state index < -0.39 is 0 Å². The van der Waals surface area contributed by atoms with Crippen molar-refractivity contribution in [3.05, 3.63) is 47.3 Å². The van der Waals surface area contributed by atoms with Crippen molar-refractivity contribution in [1.82, 2.24) is 15.1 Å². The van der Waals surface area contributed by atoms with Crippen LogP contribution in [-0.4, -0.2) is 54.1 Å². The minimum absolute atomic E-state index is 0.0568. The van der Waals surface area contributed by atoms with Gasteiger partial charge in [0.15, 0.2) is 0 Å². The van der Waals surface area contributed by atoms with Crippen LogP contribution >= 0.6 is 0 Å². The molecule has 1 heterocycles. The van der Waals surface area contributed by atoms with Gasteiger partial charge in [-0.3, -0.25) is 9.69 Å². The van der Waals surface area contributed by atoms with E-state index in [1.807, 2.05) is 18.0 Å². The first-order valence-electron chi connectivity index (χ1n) is 9.16.